The number of aromatic nitrogens is 3. The van der Waals surface area contributed by atoms with Crippen molar-refractivity contribution < 1.29 is 9.59 Å². The Morgan fingerprint density at radius 1 is 0.935 bits per heavy atom. The van der Waals surface area contributed by atoms with Crippen molar-refractivity contribution in [2.75, 3.05) is 18.4 Å². The second-order valence-corrected chi connectivity index (χ2v) is 7.53. The Labute approximate surface area is 181 Å². The fourth-order valence-corrected chi connectivity index (χ4v) is 3.67. The molecule has 8 heteroatoms. The van der Waals surface area contributed by atoms with E-state index in [4.69, 9.17) is 0 Å². The number of anilines is 1. The summed E-state index contributed by atoms with van der Waals surface area (Å²) in [6.45, 7) is 1.94. The van der Waals surface area contributed by atoms with Gasteiger partial charge < -0.3 is 15.5 Å². The van der Waals surface area contributed by atoms with Crippen molar-refractivity contribution in [3.63, 3.8) is 0 Å². The molecule has 4 rings (SSSR count). The summed E-state index contributed by atoms with van der Waals surface area (Å²) in [6.07, 6.45) is 9.67. The van der Waals surface area contributed by atoms with Crippen molar-refractivity contribution in [1.82, 2.24) is 25.0 Å². The molecule has 31 heavy (non-hydrogen) atoms. The van der Waals surface area contributed by atoms with E-state index in [9.17, 15) is 9.59 Å². The van der Waals surface area contributed by atoms with Gasteiger partial charge in [-0.3, -0.25) is 4.79 Å². The molecular formula is C23H26N6O2. The van der Waals surface area contributed by atoms with E-state index in [1.807, 2.05) is 23.1 Å². The first kappa shape index (κ1) is 20.6. The molecule has 160 valence electrons. The van der Waals surface area contributed by atoms with Gasteiger partial charge in [0.1, 0.15) is 0 Å². The van der Waals surface area contributed by atoms with Crippen LogP contribution in [0.2, 0.25) is 0 Å². The van der Waals surface area contributed by atoms with E-state index in [0.29, 0.717) is 23.6 Å². The van der Waals surface area contributed by atoms with E-state index in [-0.39, 0.29) is 11.9 Å². The van der Waals surface area contributed by atoms with Crippen molar-refractivity contribution in [1.29, 1.82) is 0 Å². The van der Waals surface area contributed by atoms with Crippen molar-refractivity contribution in [2.45, 2.75) is 32.2 Å². The van der Waals surface area contributed by atoms with Crippen LogP contribution in [0.5, 0.6) is 0 Å². The lowest BCUT2D eigenvalue weighted by Crippen LogP contribution is -2.31. The molecule has 0 saturated carbocycles. The molecule has 0 aliphatic carbocycles. The first-order chi connectivity index (χ1) is 15.2. The van der Waals surface area contributed by atoms with Gasteiger partial charge in [-0.1, -0.05) is 18.9 Å². The van der Waals surface area contributed by atoms with Gasteiger partial charge >= 0.3 is 6.03 Å². The minimum Gasteiger partial charge on any atom is -0.339 e. The maximum atomic E-state index is 12.7. The number of carbonyl (C=O) groups excluding carboxylic acids is 2. The van der Waals surface area contributed by atoms with Crippen molar-refractivity contribution in [3.05, 3.63) is 72.2 Å². The van der Waals surface area contributed by atoms with Gasteiger partial charge in [-0.05, 0) is 49.2 Å². The first-order valence-corrected chi connectivity index (χ1v) is 10.6. The number of rotatable bonds is 5. The lowest BCUT2D eigenvalue weighted by molar-refractivity contribution is 0.0761. The third kappa shape index (κ3) is 5.28. The third-order valence-corrected chi connectivity index (χ3v) is 5.31. The number of benzene rings is 1. The second kappa shape index (κ2) is 9.88. The van der Waals surface area contributed by atoms with Gasteiger partial charge in [-0.15, -0.1) is 0 Å². The number of pyridine rings is 1. The van der Waals surface area contributed by atoms with E-state index >= 15 is 0 Å². The summed E-state index contributed by atoms with van der Waals surface area (Å²) in [6, 6.07) is 12.2. The Bertz CT molecular complexity index is 1010. The standard InChI is InChI=1S/C23H26N6O2/c30-22(28-14-3-1-2-4-15-28)18-8-10-20(11-9-18)27-23(31)25-17-19-7-5-12-24-21(19)29-16-6-13-26-29/h5-13,16H,1-4,14-15,17H2,(H2,25,27,31). The molecule has 2 N–H and O–H groups in total. The Morgan fingerprint density at radius 2 is 1.71 bits per heavy atom. The van der Waals surface area contributed by atoms with Gasteiger partial charge in [0.2, 0.25) is 0 Å². The van der Waals surface area contributed by atoms with Gasteiger partial charge in [-0.2, -0.15) is 5.10 Å². The summed E-state index contributed by atoms with van der Waals surface area (Å²) in [4.78, 5) is 31.3. The predicted molar refractivity (Wildman–Crippen MR) is 118 cm³/mol. The van der Waals surface area contributed by atoms with E-state index in [0.717, 1.165) is 31.5 Å². The normalized spacial score (nSPS) is 14.0. The van der Waals surface area contributed by atoms with Gasteiger partial charge in [0.15, 0.2) is 5.82 Å². The average molecular weight is 419 g/mol. The molecule has 1 aliphatic rings. The molecule has 1 fully saturated rings. The van der Waals surface area contributed by atoms with Gasteiger partial charge in [0.25, 0.3) is 5.91 Å². The SMILES string of the molecule is O=C(NCc1cccnc1-n1cccn1)Nc1ccc(C(=O)N2CCCCCC2)cc1. The summed E-state index contributed by atoms with van der Waals surface area (Å²) in [5.41, 5.74) is 2.12. The molecule has 8 nitrogen and oxygen atoms in total. The Kier molecular flexibility index (Phi) is 6.56. The molecule has 1 aromatic carbocycles. The van der Waals surface area contributed by atoms with Gasteiger partial charge in [-0.25, -0.2) is 14.5 Å². The second-order valence-electron chi connectivity index (χ2n) is 7.53. The van der Waals surface area contributed by atoms with E-state index in [2.05, 4.69) is 20.7 Å². The van der Waals surface area contributed by atoms with Crippen LogP contribution in [0.25, 0.3) is 5.82 Å². The zero-order valence-electron chi connectivity index (χ0n) is 17.3. The molecule has 3 amide bonds. The Hall–Kier alpha value is -3.68. The molecule has 0 atom stereocenters. The maximum Gasteiger partial charge on any atom is 0.319 e. The van der Waals surface area contributed by atoms with Crippen molar-refractivity contribution >= 4 is 17.6 Å². The smallest absolute Gasteiger partial charge is 0.319 e. The predicted octanol–water partition coefficient (Wildman–Crippen LogP) is 3.61. The van der Waals surface area contributed by atoms with Gasteiger partial charge in [0, 0.05) is 55.0 Å². The van der Waals surface area contributed by atoms with Crippen LogP contribution in [0.3, 0.4) is 0 Å². The molecule has 3 heterocycles. The van der Waals surface area contributed by atoms with E-state index < -0.39 is 0 Å². The fraction of sp³-hybridized carbons (Fsp3) is 0.304. The molecule has 3 aromatic rings. The van der Waals surface area contributed by atoms with Crippen LogP contribution >= 0.6 is 0 Å². The highest BCUT2D eigenvalue weighted by Gasteiger charge is 2.17. The first-order valence-electron chi connectivity index (χ1n) is 10.6. The third-order valence-electron chi connectivity index (χ3n) is 5.31. The molecule has 0 spiro atoms. The Balaban J connectivity index is 1.33. The molecule has 2 aromatic heterocycles. The van der Waals surface area contributed by atoms with Crippen LogP contribution < -0.4 is 10.6 Å². The summed E-state index contributed by atoms with van der Waals surface area (Å²) >= 11 is 0. The largest absolute Gasteiger partial charge is 0.339 e. The quantitative estimate of drug-likeness (QED) is 0.662. The monoisotopic (exact) mass is 418 g/mol. The Morgan fingerprint density at radius 3 is 2.42 bits per heavy atom. The number of hydrogen-bond donors (Lipinski definition) is 2. The molecular weight excluding hydrogens is 392 g/mol. The highest BCUT2D eigenvalue weighted by atomic mass is 16.2. The van der Waals surface area contributed by atoms with Crippen LogP contribution in [0, 0.1) is 0 Å². The van der Waals surface area contributed by atoms with Gasteiger partial charge in [0.05, 0.1) is 0 Å². The average Bonchev–Trinajstić information content (AvgIpc) is 3.20. The number of urea groups is 1. The van der Waals surface area contributed by atoms with Crippen LogP contribution in [0.1, 0.15) is 41.6 Å². The summed E-state index contributed by atoms with van der Waals surface area (Å²) in [5, 5.41) is 9.84. The van der Waals surface area contributed by atoms with Crippen molar-refractivity contribution in [2.24, 2.45) is 0 Å². The van der Waals surface area contributed by atoms with Crippen LogP contribution in [0.15, 0.2) is 61.1 Å². The van der Waals surface area contributed by atoms with E-state index in [1.54, 1.807) is 47.5 Å². The van der Waals surface area contributed by atoms with Crippen LogP contribution in [-0.2, 0) is 6.54 Å². The number of carbonyl (C=O) groups is 2. The fourth-order valence-electron chi connectivity index (χ4n) is 3.67. The summed E-state index contributed by atoms with van der Waals surface area (Å²) in [7, 11) is 0. The molecule has 1 aliphatic heterocycles. The molecule has 1 saturated heterocycles. The summed E-state index contributed by atoms with van der Waals surface area (Å²) < 4.78 is 1.66. The highest BCUT2D eigenvalue weighted by Crippen LogP contribution is 2.16. The zero-order chi connectivity index (χ0) is 21.5. The number of likely N-dealkylation sites (tertiary alicyclic amines) is 1. The van der Waals surface area contributed by atoms with Crippen LogP contribution in [0.4, 0.5) is 10.5 Å². The van der Waals surface area contributed by atoms with Crippen LogP contribution in [-0.4, -0.2) is 44.7 Å². The molecule has 0 radical (unpaired) electrons. The van der Waals surface area contributed by atoms with Crippen molar-refractivity contribution in [3.8, 4) is 5.82 Å². The molecule has 0 unspecified atom stereocenters. The number of amides is 3. The topological polar surface area (TPSA) is 92.1 Å². The number of nitrogens with one attached hydrogen (secondary N) is 2. The molecule has 0 bridgehead atoms. The zero-order valence-corrected chi connectivity index (χ0v) is 17.3. The highest BCUT2D eigenvalue weighted by molar-refractivity contribution is 5.95. The maximum absolute atomic E-state index is 12.7. The number of hydrogen-bond acceptors (Lipinski definition) is 4. The minimum atomic E-state index is -0.332. The lowest BCUT2D eigenvalue weighted by atomic mass is 10.1. The number of nitrogens with zero attached hydrogens (tertiary/aromatic N) is 4. The lowest BCUT2D eigenvalue weighted by Gasteiger charge is -2.20. The summed E-state index contributed by atoms with van der Waals surface area (Å²) in [5.74, 6) is 0.727. The minimum absolute atomic E-state index is 0.0561. The van der Waals surface area contributed by atoms with E-state index in [1.165, 1.54) is 12.8 Å².